The van der Waals surface area contributed by atoms with Crippen molar-refractivity contribution in [3.63, 3.8) is 0 Å². The number of unbranched alkanes of at least 4 members (excludes halogenated alkanes) is 1. The number of benzene rings is 2. The number of nitrogen functional groups attached to an aromatic ring is 1. The molecule has 0 radical (unpaired) electrons. The van der Waals surface area contributed by atoms with Gasteiger partial charge >= 0.3 is 12.1 Å². The van der Waals surface area contributed by atoms with Crippen molar-refractivity contribution >= 4 is 29.2 Å². The van der Waals surface area contributed by atoms with Gasteiger partial charge in [0.05, 0.1) is 6.54 Å². The van der Waals surface area contributed by atoms with Gasteiger partial charge in [-0.3, -0.25) is 9.59 Å². The van der Waals surface area contributed by atoms with Gasteiger partial charge < -0.3 is 27.2 Å². The summed E-state index contributed by atoms with van der Waals surface area (Å²) in [7, 11) is 0. The lowest BCUT2D eigenvalue weighted by molar-refractivity contribution is -0.192. The molecule has 0 fully saturated rings. The molecule has 0 aliphatic carbocycles. The topological polar surface area (TPSA) is 153 Å². The molecule has 7 N–H and O–H groups in total. The minimum absolute atomic E-state index is 0.101. The normalized spacial score (nSPS) is 10.6. The molecule has 174 valence electrons. The van der Waals surface area contributed by atoms with Crippen molar-refractivity contribution in [1.29, 1.82) is 0 Å². The van der Waals surface area contributed by atoms with Crippen molar-refractivity contribution in [3.8, 4) is 0 Å². The molecule has 2 aromatic rings. The van der Waals surface area contributed by atoms with E-state index in [4.69, 9.17) is 27.1 Å². The molecule has 0 unspecified atom stereocenters. The number of carbonyl (C=O) groups excluding carboxylic acids is 2. The van der Waals surface area contributed by atoms with Crippen LogP contribution in [0.5, 0.6) is 0 Å². The molecule has 0 spiro atoms. The molecule has 8 nitrogen and oxygen atoms in total. The number of nitrogens with two attached hydrogens (primary N) is 3. The van der Waals surface area contributed by atoms with E-state index in [9.17, 15) is 22.8 Å². The SMILES string of the molecule is NC(=O)CN(CCCCc1ccc(N)cc1)c1cccc(C(N)=O)c1.O=C(O)C(F)(F)F. The molecule has 2 amide bonds. The number of rotatable bonds is 9. The average Bonchev–Trinajstić information content (AvgIpc) is 2.71. The van der Waals surface area contributed by atoms with E-state index < -0.39 is 24.0 Å². The third kappa shape index (κ3) is 9.83. The Morgan fingerprint density at radius 3 is 2.06 bits per heavy atom. The number of hydrogen-bond donors (Lipinski definition) is 4. The molecule has 2 aromatic carbocycles. The number of amides is 2. The number of carboxylic acid groups (broad SMARTS) is 1. The summed E-state index contributed by atoms with van der Waals surface area (Å²) < 4.78 is 31.7. The quantitative estimate of drug-likeness (QED) is 0.337. The van der Waals surface area contributed by atoms with Crippen LogP contribution in [0.1, 0.15) is 28.8 Å². The largest absolute Gasteiger partial charge is 0.490 e. The maximum absolute atomic E-state index is 11.4. The Balaban J connectivity index is 0.000000633. The van der Waals surface area contributed by atoms with E-state index in [2.05, 4.69) is 0 Å². The van der Waals surface area contributed by atoms with Crippen molar-refractivity contribution in [2.24, 2.45) is 11.5 Å². The van der Waals surface area contributed by atoms with E-state index >= 15 is 0 Å². The van der Waals surface area contributed by atoms with Crippen LogP contribution < -0.4 is 22.1 Å². The van der Waals surface area contributed by atoms with Gasteiger partial charge in [0.2, 0.25) is 11.8 Å². The van der Waals surface area contributed by atoms with Crippen LogP contribution in [0.4, 0.5) is 24.5 Å². The molecule has 0 atom stereocenters. The van der Waals surface area contributed by atoms with Crippen LogP contribution in [0.15, 0.2) is 48.5 Å². The van der Waals surface area contributed by atoms with Gasteiger partial charge in [-0.1, -0.05) is 18.2 Å². The lowest BCUT2D eigenvalue weighted by atomic mass is 10.1. The number of carboxylic acids is 1. The van der Waals surface area contributed by atoms with Crippen molar-refractivity contribution in [1.82, 2.24) is 0 Å². The number of anilines is 2. The zero-order valence-electron chi connectivity index (χ0n) is 17.1. The molecule has 0 aromatic heterocycles. The second kappa shape index (κ2) is 12.2. The Labute approximate surface area is 182 Å². The zero-order chi connectivity index (χ0) is 24.3. The minimum Gasteiger partial charge on any atom is -0.475 e. The van der Waals surface area contributed by atoms with Crippen LogP contribution in [0.3, 0.4) is 0 Å². The number of primary amides is 2. The van der Waals surface area contributed by atoms with Crippen LogP contribution in [0.2, 0.25) is 0 Å². The second-order valence-electron chi connectivity index (χ2n) is 6.80. The molecular weight excluding hydrogens is 429 g/mol. The van der Waals surface area contributed by atoms with Crippen LogP contribution in [-0.2, 0) is 16.0 Å². The van der Waals surface area contributed by atoms with Gasteiger partial charge in [0.25, 0.3) is 0 Å². The van der Waals surface area contributed by atoms with E-state index in [1.54, 1.807) is 18.2 Å². The van der Waals surface area contributed by atoms with Crippen molar-refractivity contribution in [3.05, 3.63) is 59.7 Å². The van der Waals surface area contributed by atoms with Gasteiger partial charge in [-0.25, -0.2) is 4.79 Å². The highest BCUT2D eigenvalue weighted by molar-refractivity contribution is 5.94. The number of aliphatic carboxylic acids is 1. The van der Waals surface area contributed by atoms with Crippen molar-refractivity contribution in [2.45, 2.75) is 25.4 Å². The summed E-state index contributed by atoms with van der Waals surface area (Å²) in [5.74, 6) is -3.67. The van der Waals surface area contributed by atoms with Gasteiger partial charge in [0.1, 0.15) is 0 Å². The fourth-order valence-electron chi connectivity index (χ4n) is 2.66. The van der Waals surface area contributed by atoms with Crippen molar-refractivity contribution < 1.29 is 32.7 Å². The first kappa shape index (κ1) is 26.3. The minimum atomic E-state index is -5.08. The Bertz CT molecular complexity index is 918. The zero-order valence-corrected chi connectivity index (χ0v) is 17.1. The molecule has 11 heteroatoms. The summed E-state index contributed by atoms with van der Waals surface area (Å²) in [5, 5.41) is 7.12. The van der Waals surface area contributed by atoms with Gasteiger partial charge in [0, 0.05) is 23.5 Å². The molecule has 0 aliphatic rings. The highest BCUT2D eigenvalue weighted by atomic mass is 19.4. The lowest BCUT2D eigenvalue weighted by Gasteiger charge is -2.23. The van der Waals surface area contributed by atoms with Gasteiger partial charge in [-0.2, -0.15) is 13.2 Å². The number of halogens is 3. The molecule has 0 saturated heterocycles. The molecule has 0 heterocycles. The van der Waals surface area contributed by atoms with E-state index in [-0.39, 0.29) is 6.54 Å². The number of hydrogen-bond acceptors (Lipinski definition) is 5. The van der Waals surface area contributed by atoms with E-state index in [0.717, 1.165) is 30.6 Å². The van der Waals surface area contributed by atoms with Gasteiger partial charge in [0.15, 0.2) is 0 Å². The maximum atomic E-state index is 11.4. The monoisotopic (exact) mass is 454 g/mol. The fraction of sp³-hybridized carbons (Fsp3) is 0.286. The smallest absolute Gasteiger partial charge is 0.475 e. The maximum Gasteiger partial charge on any atom is 0.490 e. The standard InChI is InChI=1S/C19H24N4O2.C2HF3O2/c20-16-9-7-14(8-10-16)4-1-2-11-23(13-18(21)24)17-6-3-5-15(12-17)19(22)25;3-2(4,5)1(6)7/h3,5-10,12H,1-2,4,11,13,20H2,(H2,21,24)(H2,22,25);(H,6,7). The summed E-state index contributed by atoms with van der Waals surface area (Å²) in [6, 6.07) is 14.8. The molecule has 0 bridgehead atoms. The van der Waals surface area contributed by atoms with E-state index in [0.29, 0.717) is 12.1 Å². The Kier molecular flexibility index (Phi) is 10.0. The Morgan fingerprint density at radius 2 is 1.56 bits per heavy atom. The van der Waals surface area contributed by atoms with E-state index in [1.807, 2.05) is 35.2 Å². The molecule has 0 saturated carbocycles. The summed E-state index contributed by atoms with van der Waals surface area (Å²) in [5.41, 5.74) is 19.5. The first-order chi connectivity index (χ1) is 14.9. The Morgan fingerprint density at radius 1 is 0.969 bits per heavy atom. The first-order valence-electron chi connectivity index (χ1n) is 9.47. The summed E-state index contributed by atoms with van der Waals surface area (Å²) in [6.45, 7) is 0.768. The highest BCUT2D eigenvalue weighted by Gasteiger charge is 2.38. The molecule has 2 rings (SSSR count). The van der Waals surface area contributed by atoms with Crippen molar-refractivity contribution in [2.75, 3.05) is 23.7 Å². The molecule has 32 heavy (non-hydrogen) atoms. The first-order valence-corrected chi connectivity index (χ1v) is 9.47. The second-order valence-corrected chi connectivity index (χ2v) is 6.80. The number of alkyl halides is 3. The average molecular weight is 454 g/mol. The summed E-state index contributed by atoms with van der Waals surface area (Å²) in [6.07, 6.45) is -2.29. The number of carbonyl (C=O) groups is 3. The van der Waals surface area contributed by atoms with Crippen LogP contribution in [0, 0.1) is 0 Å². The summed E-state index contributed by atoms with van der Waals surface area (Å²) >= 11 is 0. The van der Waals surface area contributed by atoms with Crippen LogP contribution in [-0.4, -0.2) is 42.2 Å². The van der Waals surface area contributed by atoms with Crippen LogP contribution >= 0.6 is 0 Å². The third-order valence-electron chi connectivity index (χ3n) is 4.21. The lowest BCUT2D eigenvalue weighted by Crippen LogP contribution is -2.34. The van der Waals surface area contributed by atoms with Gasteiger partial charge in [-0.15, -0.1) is 0 Å². The predicted octanol–water partition coefficient (Wildman–Crippen LogP) is 2.32. The highest BCUT2D eigenvalue weighted by Crippen LogP contribution is 2.17. The van der Waals surface area contributed by atoms with E-state index in [1.165, 1.54) is 5.56 Å². The third-order valence-corrected chi connectivity index (χ3v) is 4.21. The number of nitrogens with zero attached hydrogens (tertiary/aromatic N) is 1. The number of aryl methyl sites for hydroxylation is 1. The summed E-state index contributed by atoms with van der Waals surface area (Å²) in [4.78, 5) is 33.5. The predicted molar refractivity (Wildman–Crippen MR) is 114 cm³/mol. The van der Waals surface area contributed by atoms with Gasteiger partial charge in [-0.05, 0) is 55.2 Å². The molecular formula is C21H25F3N4O4. The fourth-order valence-corrected chi connectivity index (χ4v) is 2.66. The van der Waals surface area contributed by atoms with Crippen LogP contribution in [0.25, 0.3) is 0 Å². The molecule has 0 aliphatic heterocycles. The Hall–Kier alpha value is -3.76.